The molecular weight excluding hydrogens is 432 g/mol. The summed E-state index contributed by atoms with van der Waals surface area (Å²) in [6, 6.07) is 0. The first-order chi connectivity index (χ1) is 15.8. The third kappa shape index (κ3) is 4.05. The Hall–Kier alpha value is -0.690. The molecule has 0 amide bonds. The second-order valence-electron chi connectivity index (χ2n) is 13.3. The maximum absolute atomic E-state index is 13.0. The van der Waals surface area contributed by atoms with Crippen molar-refractivity contribution >= 4 is 5.97 Å². The van der Waals surface area contributed by atoms with Crippen molar-refractivity contribution in [2.24, 2.45) is 58.2 Å². The molecule has 4 rings (SSSR count). The highest BCUT2D eigenvalue weighted by atomic mass is 16.5. The minimum absolute atomic E-state index is 0.00827. The molecule has 34 heavy (non-hydrogen) atoms. The molecule has 1 saturated heterocycles. The molecule has 4 fully saturated rings. The predicted octanol–water partition coefficient (Wildman–Crippen LogP) is 3.39. The Balaban J connectivity index is 1.58. The van der Waals surface area contributed by atoms with Crippen molar-refractivity contribution in [3.05, 3.63) is 0 Å². The van der Waals surface area contributed by atoms with Gasteiger partial charge in [-0.1, -0.05) is 41.5 Å². The van der Waals surface area contributed by atoms with Crippen LogP contribution in [-0.4, -0.2) is 57.4 Å². The first kappa shape index (κ1) is 26.4. The summed E-state index contributed by atoms with van der Waals surface area (Å²) < 4.78 is 5.86. The number of esters is 1. The zero-order valence-corrected chi connectivity index (χ0v) is 22.0. The number of ether oxygens (including phenoxy) is 1. The largest absolute Gasteiger partial charge is 0.465 e. The third-order valence-electron chi connectivity index (χ3n) is 11.5. The van der Waals surface area contributed by atoms with Crippen LogP contribution in [0.1, 0.15) is 80.1 Å². The van der Waals surface area contributed by atoms with Crippen LogP contribution in [0.3, 0.4) is 0 Å². The molecule has 196 valence electrons. The number of hydrogen-bond donors (Lipinski definition) is 4. The van der Waals surface area contributed by atoms with Crippen LogP contribution in [0.15, 0.2) is 0 Å². The van der Waals surface area contributed by atoms with E-state index in [1.54, 1.807) is 0 Å². The minimum Gasteiger partial charge on any atom is -0.465 e. The number of aliphatic hydroxyl groups is 4. The van der Waals surface area contributed by atoms with Crippen molar-refractivity contribution < 1.29 is 30.0 Å². The number of carbonyl (C=O) groups excluding carboxylic acids is 1. The number of hydrogen-bond acceptors (Lipinski definition) is 6. The first-order valence-corrected chi connectivity index (χ1v) is 13.7. The molecule has 0 aromatic heterocycles. The van der Waals surface area contributed by atoms with Crippen molar-refractivity contribution in [2.45, 2.75) is 104 Å². The van der Waals surface area contributed by atoms with Gasteiger partial charge in [0, 0.05) is 0 Å². The molecule has 6 heteroatoms. The van der Waals surface area contributed by atoms with E-state index in [4.69, 9.17) is 4.74 Å². The molecule has 4 aliphatic rings. The van der Waals surface area contributed by atoms with Gasteiger partial charge in [-0.25, -0.2) is 0 Å². The summed E-state index contributed by atoms with van der Waals surface area (Å²) in [6.45, 7) is 13.2. The maximum atomic E-state index is 13.0. The van der Waals surface area contributed by atoms with Crippen molar-refractivity contribution in [2.75, 3.05) is 6.61 Å². The Morgan fingerprint density at radius 1 is 0.912 bits per heavy atom. The normalized spacial score (nSPS) is 48.1. The highest BCUT2D eigenvalue weighted by Crippen LogP contribution is 2.66. The van der Waals surface area contributed by atoms with Gasteiger partial charge in [-0.2, -0.15) is 0 Å². The summed E-state index contributed by atoms with van der Waals surface area (Å²) in [5.41, 5.74) is -0.345. The highest BCUT2D eigenvalue weighted by Gasteiger charge is 2.63. The summed E-state index contributed by atoms with van der Waals surface area (Å²) in [6.07, 6.45) is 1.61. The maximum Gasteiger partial charge on any atom is 0.309 e. The minimum atomic E-state index is -0.867. The zero-order valence-electron chi connectivity index (χ0n) is 22.0. The zero-order chi connectivity index (χ0) is 25.2. The monoisotopic (exact) mass is 480 g/mol. The van der Waals surface area contributed by atoms with Crippen molar-refractivity contribution in [3.8, 4) is 0 Å². The summed E-state index contributed by atoms with van der Waals surface area (Å²) >= 11 is 0. The van der Waals surface area contributed by atoms with Crippen LogP contribution >= 0.6 is 0 Å². The Bertz CT molecular complexity index is 755. The molecule has 3 aliphatic carbocycles. The van der Waals surface area contributed by atoms with Gasteiger partial charge in [0.15, 0.2) is 0 Å². The van der Waals surface area contributed by atoms with Gasteiger partial charge >= 0.3 is 5.97 Å². The van der Waals surface area contributed by atoms with Gasteiger partial charge in [-0.15, -0.1) is 0 Å². The van der Waals surface area contributed by atoms with E-state index in [9.17, 15) is 25.2 Å². The Kier molecular flexibility index (Phi) is 7.23. The summed E-state index contributed by atoms with van der Waals surface area (Å²) in [4.78, 5) is 13.0. The van der Waals surface area contributed by atoms with E-state index in [-0.39, 0.29) is 52.8 Å². The van der Waals surface area contributed by atoms with Gasteiger partial charge in [-0.05, 0) is 90.8 Å². The van der Waals surface area contributed by atoms with Gasteiger partial charge < -0.3 is 25.2 Å². The molecule has 0 aromatic carbocycles. The van der Waals surface area contributed by atoms with E-state index in [0.29, 0.717) is 30.8 Å². The van der Waals surface area contributed by atoms with Gasteiger partial charge in [0.2, 0.25) is 0 Å². The van der Waals surface area contributed by atoms with Crippen LogP contribution in [0.25, 0.3) is 0 Å². The molecule has 3 saturated carbocycles. The summed E-state index contributed by atoms with van der Waals surface area (Å²) in [5, 5.41) is 42.9. The van der Waals surface area contributed by atoms with Gasteiger partial charge in [-0.3, -0.25) is 4.79 Å². The lowest BCUT2D eigenvalue weighted by Gasteiger charge is -2.56. The fourth-order valence-electron chi connectivity index (χ4n) is 8.95. The molecule has 6 nitrogen and oxygen atoms in total. The lowest BCUT2D eigenvalue weighted by molar-refractivity contribution is -0.162. The lowest BCUT2D eigenvalue weighted by Crippen LogP contribution is -2.55. The standard InChI is InChI=1S/C28H48O6/c1-14(2)15(3)24(31)25(32)16(4)18-7-8-19-17-13-34-26(33)21-11-22(29)23(30)12-28(21,6)20(17)9-10-27(18,19)5/h14-25,29-32H,7-13H2,1-6H3/t15-,16-,17-,18+,19-,20-,21+,22-,23+,24+,25-,27+,28+/m0/s1. The van der Waals surface area contributed by atoms with Crippen molar-refractivity contribution in [3.63, 3.8) is 0 Å². The molecule has 0 radical (unpaired) electrons. The molecular formula is C28H48O6. The van der Waals surface area contributed by atoms with Crippen LogP contribution in [-0.2, 0) is 9.53 Å². The van der Waals surface area contributed by atoms with E-state index < -0.39 is 24.4 Å². The number of fused-ring (bicyclic) bond motifs is 5. The molecule has 0 aromatic rings. The van der Waals surface area contributed by atoms with Gasteiger partial charge in [0.25, 0.3) is 0 Å². The van der Waals surface area contributed by atoms with E-state index in [0.717, 1.165) is 25.7 Å². The SMILES string of the molecule is CC(C)[C@H](C)[C@@H](O)[C@@H](O)[C@@H](C)[C@H]1CC[C@H]2[C@@H]3COC(=O)[C@H]4C[C@H](O)[C@H](O)C[C@]4(C)[C@H]3CC[C@]12C. The smallest absolute Gasteiger partial charge is 0.309 e. The molecule has 1 heterocycles. The first-order valence-electron chi connectivity index (χ1n) is 13.7. The number of aliphatic hydroxyl groups excluding tert-OH is 4. The molecule has 13 atom stereocenters. The number of carbonyl (C=O) groups is 1. The van der Waals surface area contributed by atoms with E-state index in [1.165, 1.54) is 0 Å². The van der Waals surface area contributed by atoms with Crippen molar-refractivity contribution in [1.29, 1.82) is 0 Å². The molecule has 0 unspecified atom stereocenters. The van der Waals surface area contributed by atoms with E-state index in [1.807, 2.05) is 6.92 Å². The van der Waals surface area contributed by atoms with Crippen molar-refractivity contribution in [1.82, 2.24) is 0 Å². The lowest BCUT2D eigenvalue weighted by atomic mass is 9.48. The van der Waals surface area contributed by atoms with E-state index >= 15 is 0 Å². The van der Waals surface area contributed by atoms with Crippen LogP contribution in [0.2, 0.25) is 0 Å². The van der Waals surface area contributed by atoms with Gasteiger partial charge in [0.1, 0.15) is 0 Å². The number of cyclic esters (lactones) is 1. The average Bonchev–Trinajstić information content (AvgIpc) is 3.09. The Labute approximate surface area is 205 Å². The topological polar surface area (TPSA) is 107 Å². The molecule has 4 N–H and O–H groups in total. The molecule has 0 bridgehead atoms. The number of rotatable bonds is 5. The summed E-state index contributed by atoms with van der Waals surface area (Å²) in [7, 11) is 0. The third-order valence-corrected chi connectivity index (χ3v) is 11.5. The second kappa shape index (κ2) is 9.32. The van der Waals surface area contributed by atoms with Crippen LogP contribution in [0.4, 0.5) is 0 Å². The predicted molar refractivity (Wildman–Crippen MR) is 130 cm³/mol. The van der Waals surface area contributed by atoms with Crippen LogP contribution in [0, 0.1) is 58.2 Å². The van der Waals surface area contributed by atoms with Gasteiger partial charge in [0.05, 0.1) is 36.9 Å². The highest BCUT2D eigenvalue weighted by molar-refractivity contribution is 5.74. The van der Waals surface area contributed by atoms with Crippen LogP contribution in [0.5, 0.6) is 0 Å². The molecule has 0 spiro atoms. The average molecular weight is 481 g/mol. The molecule has 1 aliphatic heterocycles. The quantitative estimate of drug-likeness (QED) is 0.450. The Morgan fingerprint density at radius 3 is 2.21 bits per heavy atom. The second-order valence-corrected chi connectivity index (χ2v) is 13.3. The van der Waals surface area contributed by atoms with E-state index in [2.05, 4.69) is 34.6 Å². The fraction of sp³-hybridized carbons (Fsp3) is 0.964. The Morgan fingerprint density at radius 2 is 1.56 bits per heavy atom. The summed E-state index contributed by atoms with van der Waals surface area (Å²) in [5.74, 6) is 0.948. The fourth-order valence-corrected chi connectivity index (χ4v) is 8.95. The van der Waals surface area contributed by atoms with Crippen LogP contribution < -0.4 is 0 Å².